The van der Waals surface area contributed by atoms with Crippen LogP contribution in [0.1, 0.15) is 28.1 Å². The van der Waals surface area contributed by atoms with Gasteiger partial charge in [0.15, 0.2) is 0 Å². The maximum Gasteiger partial charge on any atom is 0.270 e. The molecule has 10 nitrogen and oxygen atoms in total. The van der Waals surface area contributed by atoms with Crippen LogP contribution in [0.4, 0.5) is 17.1 Å². The molecular formula is C24H29N5O5S. The van der Waals surface area contributed by atoms with Crippen LogP contribution in [0.25, 0.3) is 0 Å². The van der Waals surface area contributed by atoms with Gasteiger partial charge >= 0.3 is 0 Å². The molecule has 0 spiro atoms. The summed E-state index contributed by atoms with van der Waals surface area (Å²) >= 11 is 0. The standard InChI is InChI=1S/C24H29N5O5S/c1-16-6-8-22(17(2)12-16)27-35(32,33)24-14-21(29(30)31)7-9-23(24)26-25-15-20-13-18(3)28(19(20)4)10-11-34-5/h6-9,12-15,26-27H,10-11H2,1-5H3/b25-15+. The Hall–Kier alpha value is -3.70. The van der Waals surface area contributed by atoms with Crippen molar-refractivity contribution in [3.63, 3.8) is 0 Å². The molecule has 3 aromatic rings. The van der Waals surface area contributed by atoms with Crippen LogP contribution in [-0.4, -0.2) is 37.8 Å². The molecule has 2 N–H and O–H groups in total. The zero-order valence-corrected chi connectivity index (χ0v) is 21.1. The molecule has 1 aromatic heterocycles. The Morgan fingerprint density at radius 2 is 1.80 bits per heavy atom. The summed E-state index contributed by atoms with van der Waals surface area (Å²) in [6, 6.07) is 10.8. The highest BCUT2D eigenvalue weighted by Gasteiger charge is 2.23. The number of ether oxygens (including phenoxy) is 1. The van der Waals surface area contributed by atoms with E-state index in [1.165, 1.54) is 12.1 Å². The van der Waals surface area contributed by atoms with Crippen molar-refractivity contribution in [2.24, 2.45) is 5.10 Å². The molecule has 0 fully saturated rings. The first kappa shape index (κ1) is 25.9. The number of nitro groups is 1. The maximum absolute atomic E-state index is 13.2. The molecule has 3 rings (SSSR count). The normalized spacial score (nSPS) is 11.7. The van der Waals surface area contributed by atoms with Gasteiger partial charge in [-0.2, -0.15) is 5.10 Å². The van der Waals surface area contributed by atoms with Crippen molar-refractivity contribution in [3.05, 3.63) is 80.7 Å². The van der Waals surface area contributed by atoms with Gasteiger partial charge in [-0.3, -0.25) is 20.3 Å². The summed E-state index contributed by atoms with van der Waals surface area (Å²) in [5, 5.41) is 15.5. The second-order valence-corrected chi connectivity index (χ2v) is 9.85. The van der Waals surface area contributed by atoms with Crippen molar-refractivity contribution >= 4 is 33.3 Å². The van der Waals surface area contributed by atoms with E-state index in [4.69, 9.17) is 4.74 Å². The summed E-state index contributed by atoms with van der Waals surface area (Å²) in [5.74, 6) is 0. The van der Waals surface area contributed by atoms with Crippen molar-refractivity contribution < 1.29 is 18.1 Å². The van der Waals surface area contributed by atoms with Gasteiger partial charge < -0.3 is 9.30 Å². The lowest BCUT2D eigenvalue weighted by molar-refractivity contribution is -0.385. The van der Waals surface area contributed by atoms with E-state index in [2.05, 4.69) is 19.8 Å². The van der Waals surface area contributed by atoms with Gasteiger partial charge in [-0.1, -0.05) is 17.7 Å². The number of hydrogen-bond donors (Lipinski definition) is 2. The summed E-state index contributed by atoms with van der Waals surface area (Å²) < 4.78 is 36.2. The molecule has 0 amide bonds. The quantitative estimate of drug-likeness (QED) is 0.240. The van der Waals surface area contributed by atoms with Crippen molar-refractivity contribution in [3.8, 4) is 0 Å². The van der Waals surface area contributed by atoms with E-state index in [-0.39, 0.29) is 16.3 Å². The number of aromatic nitrogens is 1. The van der Waals surface area contributed by atoms with Gasteiger partial charge in [0.1, 0.15) is 4.90 Å². The van der Waals surface area contributed by atoms with Gasteiger partial charge in [0, 0.05) is 42.7 Å². The lowest BCUT2D eigenvalue weighted by atomic mass is 10.1. The van der Waals surface area contributed by atoms with E-state index in [9.17, 15) is 18.5 Å². The molecular weight excluding hydrogens is 470 g/mol. The van der Waals surface area contributed by atoms with Crippen molar-refractivity contribution in [1.82, 2.24) is 4.57 Å². The smallest absolute Gasteiger partial charge is 0.270 e. The Balaban J connectivity index is 1.93. The molecule has 0 aliphatic rings. The number of nitrogens with zero attached hydrogens (tertiary/aromatic N) is 3. The van der Waals surface area contributed by atoms with Gasteiger partial charge in [0.25, 0.3) is 15.7 Å². The third kappa shape index (κ3) is 6.06. The van der Waals surface area contributed by atoms with Gasteiger partial charge in [0.05, 0.1) is 29.1 Å². The molecule has 0 unspecified atom stereocenters. The van der Waals surface area contributed by atoms with Crippen LogP contribution in [0.3, 0.4) is 0 Å². The molecule has 11 heteroatoms. The Labute approximate surface area is 204 Å². The molecule has 1 heterocycles. The molecule has 0 saturated heterocycles. The van der Waals surface area contributed by atoms with Gasteiger partial charge in [-0.15, -0.1) is 0 Å². The molecule has 0 atom stereocenters. The Bertz CT molecular complexity index is 1380. The van der Waals surface area contributed by atoms with Crippen LogP contribution in [0.15, 0.2) is 52.5 Å². The van der Waals surface area contributed by atoms with Crippen molar-refractivity contribution in [1.29, 1.82) is 0 Å². The number of nitrogens with one attached hydrogen (secondary N) is 2. The number of nitro benzene ring substituents is 1. The third-order valence-electron chi connectivity index (χ3n) is 5.61. The zero-order chi connectivity index (χ0) is 25.8. The summed E-state index contributed by atoms with van der Waals surface area (Å²) in [6.45, 7) is 8.89. The SMILES string of the molecule is COCCn1c(C)cc(/C=N/Nc2ccc([N+](=O)[O-])cc2S(=O)(=O)Nc2ccc(C)cc2C)c1C. The predicted molar refractivity (Wildman–Crippen MR) is 137 cm³/mol. The van der Waals surface area contributed by atoms with E-state index in [1.807, 2.05) is 32.9 Å². The van der Waals surface area contributed by atoms with E-state index in [0.29, 0.717) is 18.8 Å². The second kappa shape index (κ2) is 10.7. The molecule has 0 radical (unpaired) electrons. The van der Waals surface area contributed by atoms with Gasteiger partial charge in [-0.05, 0) is 51.5 Å². The van der Waals surface area contributed by atoms with Crippen molar-refractivity contribution in [2.45, 2.75) is 39.1 Å². The highest BCUT2D eigenvalue weighted by atomic mass is 32.2. The predicted octanol–water partition coefficient (Wildman–Crippen LogP) is 4.52. The van der Waals surface area contributed by atoms with E-state index >= 15 is 0 Å². The van der Waals surface area contributed by atoms with Gasteiger partial charge in [0.2, 0.25) is 0 Å². The molecule has 186 valence electrons. The number of rotatable bonds is 10. The van der Waals surface area contributed by atoms with Crippen LogP contribution in [0.2, 0.25) is 0 Å². The lowest BCUT2D eigenvalue weighted by Gasteiger charge is -2.14. The number of aryl methyl sites for hydroxylation is 3. The molecule has 35 heavy (non-hydrogen) atoms. The summed E-state index contributed by atoms with van der Waals surface area (Å²) in [4.78, 5) is 10.4. The number of sulfonamides is 1. The van der Waals surface area contributed by atoms with Crippen LogP contribution < -0.4 is 10.1 Å². The fourth-order valence-electron chi connectivity index (χ4n) is 3.72. The molecule has 0 bridgehead atoms. The minimum absolute atomic E-state index is 0.109. The first-order valence-electron chi connectivity index (χ1n) is 10.9. The summed E-state index contributed by atoms with van der Waals surface area (Å²) in [5.41, 5.74) is 7.48. The third-order valence-corrected chi connectivity index (χ3v) is 7.02. The number of anilines is 2. The fourth-order valence-corrected chi connectivity index (χ4v) is 5.03. The Kier molecular flexibility index (Phi) is 7.92. The van der Waals surface area contributed by atoms with Crippen LogP contribution in [0, 0.1) is 37.8 Å². The Morgan fingerprint density at radius 3 is 2.46 bits per heavy atom. The first-order valence-corrected chi connectivity index (χ1v) is 12.3. The Morgan fingerprint density at radius 1 is 1.09 bits per heavy atom. The van der Waals surface area contributed by atoms with Crippen LogP contribution in [0.5, 0.6) is 0 Å². The first-order chi connectivity index (χ1) is 16.5. The minimum atomic E-state index is -4.16. The van der Waals surface area contributed by atoms with Crippen molar-refractivity contribution in [2.75, 3.05) is 23.9 Å². The average Bonchev–Trinajstić information content (AvgIpc) is 3.06. The maximum atomic E-state index is 13.2. The summed E-state index contributed by atoms with van der Waals surface area (Å²) in [6.07, 6.45) is 1.58. The monoisotopic (exact) mass is 499 g/mol. The largest absolute Gasteiger partial charge is 0.383 e. The van der Waals surface area contributed by atoms with Gasteiger partial charge in [-0.25, -0.2) is 8.42 Å². The van der Waals surface area contributed by atoms with Crippen LogP contribution >= 0.6 is 0 Å². The highest BCUT2D eigenvalue weighted by molar-refractivity contribution is 7.92. The minimum Gasteiger partial charge on any atom is -0.383 e. The average molecular weight is 500 g/mol. The number of hydrogen-bond acceptors (Lipinski definition) is 7. The van der Waals surface area contributed by atoms with E-state index in [1.54, 1.807) is 32.4 Å². The topological polar surface area (TPSA) is 128 Å². The zero-order valence-electron chi connectivity index (χ0n) is 20.3. The number of hydrazone groups is 1. The van der Waals surface area contributed by atoms with E-state index < -0.39 is 14.9 Å². The molecule has 0 saturated carbocycles. The molecule has 2 aromatic carbocycles. The number of non-ortho nitro benzene ring substituents is 1. The number of methoxy groups -OCH3 is 1. The molecule has 0 aliphatic carbocycles. The summed E-state index contributed by atoms with van der Waals surface area (Å²) in [7, 11) is -2.52. The lowest BCUT2D eigenvalue weighted by Crippen LogP contribution is -2.16. The van der Waals surface area contributed by atoms with E-state index in [0.717, 1.165) is 34.1 Å². The van der Waals surface area contributed by atoms with Crippen LogP contribution in [-0.2, 0) is 21.3 Å². The highest BCUT2D eigenvalue weighted by Crippen LogP contribution is 2.29. The fraction of sp³-hybridized carbons (Fsp3) is 0.292. The number of benzene rings is 2. The molecule has 0 aliphatic heterocycles. The second-order valence-electron chi connectivity index (χ2n) is 8.20.